The molecule has 0 radical (unpaired) electrons. The van der Waals surface area contributed by atoms with Crippen molar-refractivity contribution in [3.05, 3.63) is 108 Å². The molecule has 3 aromatic heterocycles. The molecular formula is C33H20N4S. The van der Waals surface area contributed by atoms with E-state index in [1.165, 1.54) is 30.9 Å². The smallest absolute Gasteiger partial charge is 0.235 e. The van der Waals surface area contributed by atoms with Crippen molar-refractivity contribution in [2.45, 2.75) is 12.8 Å². The Morgan fingerprint density at radius 3 is 2.32 bits per heavy atom. The number of nitrogens with zero attached hydrogens (tertiary/aromatic N) is 4. The van der Waals surface area contributed by atoms with E-state index in [1.807, 2.05) is 35.6 Å². The van der Waals surface area contributed by atoms with Gasteiger partial charge in [-0.15, -0.1) is 11.3 Å². The quantitative estimate of drug-likeness (QED) is 0.237. The van der Waals surface area contributed by atoms with Crippen LogP contribution in [0.3, 0.4) is 0 Å². The lowest BCUT2D eigenvalue weighted by molar-refractivity contribution is 0.971. The first-order valence-electron chi connectivity index (χ1n) is 12.7. The van der Waals surface area contributed by atoms with Crippen molar-refractivity contribution in [3.8, 4) is 12.0 Å². The molecular weight excluding hydrogens is 484 g/mol. The maximum atomic E-state index is 9.34. The van der Waals surface area contributed by atoms with Gasteiger partial charge in [-0.25, -0.2) is 9.97 Å². The lowest BCUT2D eigenvalue weighted by Crippen LogP contribution is -2.06. The highest BCUT2D eigenvalue weighted by molar-refractivity contribution is 7.25. The Kier molecular flexibility index (Phi) is 4.55. The third-order valence-corrected chi connectivity index (χ3v) is 8.69. The standard InChI is InChI=1S/C33H20N4S/c34-19-20-13-15-21(16-14-20)32-24-9-1-4-10-27(24)35-33(36-32)37-28-11-5-2-7-22(28)25-18-31-26(17-29(25)37)23-8-3-6-12-30(23)38-31/h1-13,15,17-18H,14,16H2. The monoisotopic (exact) mass is 504 g/mol. The molecule has 0 spiro atoms. The summed E-state index contributed by atoms with van der Waals surface area (Å²) in [6.07, 6.45) is 5.49. The highest BCUT2D eigenvalue weighted by Crippen LogP contribution is 2.40. The first-order valence-corrected chi connectivity index (χ1v) is 13.5. The van der Waals surface area contributed by atoms with E-state index in [9.17, 15) is 5.26 Å². The third kappa shape index (κ3) is 3.08. The van der Waals surface area contributed by atoms with Crippen LogP contribution in [0.5, 0.6) is 0 Å². The summed E-state index contributed by atoms with van der Waals surface area (Å²) in [4.78, 5) is 10.3. The Balaban J connectivity index is 1.48. The van der Waals surface area contributed by atoms with E-state index < -0.39 is 0 Å². The van der Waals surface area contributed by atoms with Gasteiger partial charge in [0, 0.05) is 41.9 Å². The number of allylic oxidation sites excluding steroid dienone is 4. The molecule has 0 bridgehead atoms. The fraction of sp³-hybridized carbons (Fsp3) is 0.0606. The zero-order valence-corrected chi connectivity index (χ0v) is 21.2. The summed E-state index contributed by atoms with van der Waals surface area (Å²) in [5.41, 5.74) is 5.99. The van der Waals surface area contributed by atoms with E-state index in [2.05, 4.69) is 83.4 Å². The summed E-state index contributed by atoms with van der Waals surface area (Å²) >= 11 is 1.84. The molecule has 8 rings (SSSR count). The van der Waals surface area contributed by atoms with E-state index in [4.69, 9.17) is 9.97 Å². The lowest BCUT2D eigenvalue weighted by Gasteiger charge is -2.15. The molecule has 0 saturated carbocycles. The molecule has 0 amide bonds. The van der Waals surface area contributed by atoms with Crippen LogP contribution in [-0.2, 0) is 0 Å². The Labute approximate surface area is 222 Å². The van der Waals surface area contributed by atoms with Crippen molar-refractivity contribution in [2.24, 2.45) is 0 Å². The molecule has 1 aliphatic carbocycles. The number of thiophene rings is 1. The second-order valence-corrected chi connectivity index (χ2v) is 10.8. The second-order valence-electron chi connectivity index (χ2n) is 9.70. The van der Waals surface area contributed by atoms with Crippen molar-refractivity contribution < 1.29 is 0 Å². The molecule has 5 heteroatoms. The molecule has 4 nitrogen and oxygen atoms in total. The molecule has 0 N–H and O–H groups in total. The molecule has 178 valence electrons. The third-order valence-electron chi connectivity index (χ3n) is 7.56. The van der Waals surface area contributed by atoms with Gasteiger partial charge in [0.2, 0.25) is 5.95 Å². The Bertz CT molecular complexity index is 2200. The highest BCUT2D eigenvalue weighted by Gasteiger charge is 2.20. The number of para-hydroxylation sites is 2. The van der Waals surface area contributed by atoms with Crippen molar-refractivity contribution >= 4 is 69.8 Å². The summed E-state index contributed by atoms with van der Waals surface area (Å²) in [6, 6.07) is 32.3. The van der Waals surface area contributed by atoms with Crippen LogP contribution in [-0.4, -0.2) is 14.5 Å². The number of nitriles is 1. The van der Waals surface area contributed by atoms with Gasteiger partial charge in [0.05, 0.1) is 28.3 Å². The maximum absolute atomic E-state index is 9.34. The van der Waals surface area contributed by atoms with Gasteiger partial charge in [-0.2, -0.15) is 5.26 Å². The number of hydrogen-bond acceptors (Lipinski definition) is 4. The molecule has 1 aliphatic rings. The second kappa shape index (κ2) is 8.11. The first-order chi connectivity index (χ1) is 18.8. The molecule has 0 fully saturated rings. The van der Waals surface area contributed by atoms with Crippen LogP contribution in [0.4, 0.5) is 0 Å². The van der Waals surface area contributed by atoms with Crippen LogP contribution < -0.4 is 0 Å². The number of benzene rings is 4. The lowest BCUT2D eigenvalue weighted by atomic mass is 9.95. The number of hydrogen-bond donors (Lipinski definition) is 0. The topological polar surface area (TPSA) is 54.5 Å². The Morgan fingerprint density at radius 1 is 0.684 bits per heavy atom. The van der Waals surface area contributed by atoms with Gasteiger partial charge in [-0.3, -0.25) is 4.57 Å². The van der Waals surface area contributed by atoms with Crippen molar-refractivity contribution in [1.82, 2.24) is 14.5 Å². The van der Waals surface area contributed by atoms with Crippen LogP contribution >= 0.6 is 11.3 Å². The van der Waals surface area contributed by atoms with Crippen LogP contribution in [0, 0.1) is 11.3 Å². The van der Waals surface area contributed by atoms with Gasteiger partial charge in [0.15, 0.2) is 0 Å². The maximum Gasteiger partial charge on any atom is 0.235 e. The molecule has 38 heavy (non-hydrogen) atoms. The van der Waals surface area contributed by atoms with Crippen molar-refractivity contribution in [1.29, 1.82) is 5.26 Å². The fourth-order valence-electron chi connectivity index (χ4n) is 5.74. The minimum atomic E-state index is 0.666. The van der Waals surface area contributed by atoms with E-state index in [-0.39, 0.29) is 0 Å². The minimum absolute atomic E-state index is 0.666. The van der Waals surface area contributed by atoms with Crippen molar-refractivity contribution in [3.63, 3.8) is 0 Å². The van der Waals surface area contributed by atoms with E-state index in [0.29, 0.717) is 5.95 Å². The summed E-state index contributed by atoms with van der Waals surface area (Å²) in [5, 5.41) is 15.3. The molecule has 7 aromatic rings. The van der Waals surface area contributed by atoms with Crippen LogP contribution in [0.15, 0.2) is 103 Å². The molecule has 0 unspecified atom stereocenters. The average Bonchev–Trinajstić information content (AvgIpc) is 3.50. The zero-order chi connectivity index (χ0) is 25.2. The van der Waals surface area contributed by atoms with Gasteiger partial charge < -0.3 is 0 Å². The number of fused-ring (bicyclic) bond motifs is 7. The van der Waals surface area contributed by atoms with Crippen LogP contribution in [0.2, 0.25) is 0 Å². The number of aromatic nitrogens is 3. The Hall–Kier alpha value is -4.79. The van der Waals surface area contributed by atoms with Crippen molar-refractivity contribution in [2.75, 3.05) is 0 Å². The predicted octanol–water partition coefficient (Wildman–Crippen LogP) is 8.72. The van der Waals surface area contributed by atoms with Crippen LogP contribution in [0.25, 0.3) is 64.4 Å². The van der Waals surface area contributed by atoms with E-state index >= 15 is 0 Å². The Morgan fingerprint density at radius 2 is 1.47 bits per heavy atom. The molecule has 3 heterocycles. The first kappa shape index (κ1) is 21.3. The van der Waals surface area contributed by atoms with Crippen LogP contribution in [0.1, 0.15) is 18.5 Å². The van der Waals surface area contributed by atoms with Gasteiger partial charge >= 0.3 is 0 Å². The van der Waals surface area contributed by atoms with E-state index in [0.717, 1.165) is 51.6 Å². The summed E-state index contributed by atoms with van der Waals surface area (Å²) < 4.78 is 4.80. The summed E-state index contributed by atoms with van der Waals surface area (Å²) in [6.45, 7) is 0. The average molecular weight is 505 g/mol. The highest BCUT2D eigenvalue weighted by atomic mass is 32.1. The summed E-state index contributed by atoms with van der Waals surface area (Å²) in [5.74, 6) is 0.666. The zero-order valence-electron chi connectivity index (χ0n) is 20.3. The predicted molar refractivity (Wildman–Crippen MR) is 158 cm³/mol. The summed E-state index contributed by atoms with van der Waals surface area (Å²) in [7, 11) is 0. The number of rotatable bonds is 2. The minimum Gasteiger partial charge on any atom is -0.278 e. The molecule has 0 saturated heterocycles. The van der Waals surface area contributed by atoms with Gasteiger partial charge in [-0.05, 0) is 54.8 Å². The SMILES string of the molecule is N#CC1=CC=C(c2nc(-n3c4ccccc4c4cc5sc6ccccc6c5cc43)nc3ccccc23)CC1. The largest absolute Gasteiger partial charge is 0.278 e. The van der Waals surface area contributed by atoms with Gasteiger partial charge in [-0.1, -0.05) is 60.7 Å². The molecule has 0 atom stereocenters. The van der Waals surface area contributed by atoms with Gasteiger partial charge in [0.1, 0.15) is 0 Å². The normalized spacial score (nSPS) is 13.9. The van der Waals surface area contributed by atoms with E-state index in [1.54, 1.807) is 0 Å². The molecule has 0 aliphatic heterocycles. The fourth-order valence-corrected chi connectivity index (χ4v) is 6.87. The van der Waals surface area contributed by atoms with Gasteiger partial charge in [0.25, 0.3) is 0 Å². The molecule has 4 aromatic carbocycles.